The van der Waals surface area contributed by atoms with Crippen LogP contribution in [0.3, 0.4) is 0 Å². The van der Waals surface area contributed by atoms with Gasteiger partial charge in [-0.2, -0.15) is 0 Å². The number of pyridine rings is 1. The molecule has 2 N–H and O–H groups in total. The summed E-state index contributed by atoms with van der Waals surface area (Å²) in [5.41, 5.74) is 10.7. The first kappa shape index (κ1) is 12.4. The normalized spacial score (nSPS) is 11.5. The zero-order valence-corrected chi connectivity index (χ0v) is 12.3. The topological polar surface area (TPSA) is 69.6 Å². The number of nitrogens with zero attached hydrogens (tertiary/aromatic N) is 4. The molecule has 3 heterocycles. The van der Waals surface area contributed by atoms with E-state index in [2.05, 4.69) is 22.1 Å². The maximum Gasteiger partial charge on any atom is 0.146 e. The van der Waals surface area contributed by atoms with Crippen LogP contribution in [-0.2, 0) is 13.6 Å². The zero-order chi connectivity index (χ0) is 14.4. The van der Waals surface area contributed by atoms with E-state index in [1.54, 1.807) is 23.9 Å². The van der Waals surface area contributed by atoms with Crippen LogP contribution in [0.25, 0.3) is 32.0 Å². The molecule has 0 saturated heterocycles. The molecule has 0 spiro atoms. The Morgan fingerprint density at radius 2 is 2.19 bits per heavy atom. The Bertz CT molecular complexity index is 953. The minimum Gasteiger partial charge on any atom is -0.332 e. The van der Waals surface area contributed by atoms with Crippen molar-refractivity contribution in [1.29, 1.82) is 0 Å². The number of rotatable bonds is 2. The van der Waals surface area contributed by atoms with Crippen LogP contribution in [0.1, 0.15) is 5.56 Å². The summed E-state index contributed by atoms with van der Waals surface area (Å²) in [6.45, 7) is 0.531. The van der Waals surface area contributed by atoms with Gasteiger partial charge in [0.2, 0.25) is 0 Å². The molecule has 0 aliphatic heterocycles. The minimum absolute atomic E-state index is 0.531. The van der Waals surface area contributed by atoms with Gasteiger partial charge in [-0.1, -0.05) is 29.5 Å². The van der Waals surface area contributed by atoms with Crippen LogP contribution >= 0.6 is 11.3 Å². The fraction of sp³-hybridized carbons (Fsp3) is 0.133. The van der Waals surface area contributed by atoms with Crippen molar-refractivity contribution in [2.45, 2.75) is 6.54 Å². The highest BCUT2D eigenvalue weighted by Gasteiger charge is 2.13. The molecule has 6 heteroatoms. The first-order valence-corrected chi connectivity index (χ1v) is 7.44. The molecule has 1 aromatic carbocycles. The Hall–Kier alpha value is -2.31. The van der Waals surface area contributed by atoms with E-state index >= 15 is 0 Å². The van der Waals surface area contributed by atoms with E-state index in [9.17, 15) is 0 Å². The second kappa shape index (κ2) is 4.61. The largest absolute Gasteiger partial charge is 0.332 e. The molecule has 4 aromatic rings. The second-order valence-corrected chi connectivity index (χ2v) is 5.90. The molecule has 104 valence electrons. The van der Waals surface area contributed by atoms with Crippen LogP contribution in [0.15, 0.2) is 36.8 Å². The van der Waals surface area contributed by atoms with Crippen molar-refractivity contribution < 1.29 is 0 Å². The van der Waals surface area contributed by atoms with Gasteiger partial charge in [0, 0.05) is 19.2 Å². The van der Waals surface area contributed by atoms with Crippen molar-refractivity contribution >= 4 is 32.7 Å². The number of nitrogens with two attached hydrogens (primary N) is 1. The summed E-state index contributed by atoms with van der Waals surface area (Å²) in [7, 11) is 1.98. The average molecular weight is 295 g/mol. The number of aryl methyl sites for hydroxylation is 1. The molecule has 0 saturated carbocycles. The molecule has 5 nitrogen and oxygen atoms in total. The second-order valence-electron chi connectivity index (χ2n) is 4.92. The van der Waals surface area contributed by atoms with Crippen LogP contribution < -0.4 is 5.73 Å². The molecule has 0 aliphatic carbocycles. The van der Waals surface area contributed by atoms with Crippen LogP contribution in [0.4, 0.5) is 0 Å². The summed E-state index contributed by atoms with van der Waals surface area (Å²) in [4.78, 5) is 14.5. The van der Waals surface area contributed by atoms with Crippen LogP contribution in [-0.4, -0.2) is 19.5 Å². The summed E-state index contributed by atoms with van der Waals surface area (Å²) in [6, 6.07) is 8.17. The lowest BCUT2D eigenvalue weighted by Gasteiger charge is -1.99. The summed E-state index contributed by atoms with van der Waals surface area (Å²) >= 11 is 1.59. The van der Waals surface area contributed by atoms with E-state index in [-0.39, 0.29) is 0 Å². The van der Waals surface area contributed by atoms with E-state index < -0.39 is 0 Å². The molecule has 0 bridgehead atoms. The number of aromatic nitrogens is 4. The lowest BCUT2D eigenvalue weighted by Crippen LogP contribution is -1.95. The van der Waals surface area contributed by atoms with Crippen LogP contribution in [0, 0.1) is 0 Å². The monoisotopic (exact) mass is 295 g/mol. The highest BCUT2D eigenvalue weighted by atomic mass is 32.1. The van der Waals surface area contributed by atoms with Crippen molar-refractivity contribution in [3.63, 3.8) is 0 Å². The number of imidazole rings is 1. The average Bonchev–Trinajstić information content (AvgIpc) is 3.10. The molecule has 4 rings (SSSR count). The maximum absolute atomic E-state index is 5.71. The lowest BCUT2D eigenvalue weighted by molar-refractivity contribution is 0.949. The van der Waals surface area contributed by atoms with E-state index in [0.717, 1.165) is 37.5 Å². The third-order valence-electron chi connectivity index (χ3n) is 3.51. The Kier molecular flexibility index (Phi) is 2.73. The van der Waals surface area contributed by atoms with Crippen molar-refractivity contribution in [3.05, 3.63) is 42.4 Å². The molecule has 0 atom stereocenters. The van der Waals surface area contributed by atoms with Gasteiger partial charge in [-0.15, -0.1) is 0 Å². The highest BCUT2D eigenvalue weighted by Crippen LogP contribution is 2.32. The van der Waals surface area contributed by atoms with Crippen molar-refractivity contribution in [2.24, 2.45) is 12.8 Å². The van der Waals surface area contributed by atoms with Gasteiger partial charge >= 0.3 is 0 Å². The van der Waals surface area contributed by atoms with Crippen LogP contribution in [0.2, 0.25) is 0 Å². The van der Waals surface area contributed by atoms with Gasteiger partial charge in [-0.25, -0.2) is 15.0 Å². The van der Waals surface area contributed by atoms with Crippen molar-refractivity contribution in [2.75, 3.05) is 0 Å². The lowest BCUT2D eigenvalue weighted by atomic mass is 10.1. The molecule has 0 radical (unpaired) electrons. The smallest absolute Gasteiger partial charge is 0.146 e. The van der Waals surface area contributed by atoms with Gasteiger partial charge in [-0.05, 0) is 11.6 Å². The van der Waals surface area contributed by atoms with Gasteiger partial charge in [-0.3, -0.25) is 0 Å². The zero-order valence-electron chi connectivity index (χ0n) is 11.4. The number of fused-ring (bicyclic) bond motifs is 3. The Balaban J connectivity index is 1.97. The summed E-state index contributed by atoms with van der Waals surface area (Å²) in [5.74, 6) is 0. The Morgan fingerprint density at radius 3 is 3.05 bits per heavy atom. The predicted octanol–water partition coefficient (Wildman–Crippen LogP) is 2.70. The van der Waals surface area contributed by atoms with Crippen LogP contribution in [0.5, 0.6) is 0 Å². The van der Waals surface area contributed by atoms with Crippen molar-refractivity contribution in [1.82, 2.24) is 19.5 Å². The minimum atomic E-state index is 0.531. The fourth-order valence-electron chi connectivity index (χ4n) is 2.46. The molecular weight excluding hydrogens is 282 g/mol. The summed E-state index contributed by atoms with van der Waals surface area (Å²) < 4.78 is 1.99. The van der Waals surface area contributed by atoms with E-state index in [1.807, 2.05) is 23.7 Å². The molecular formula is C15H13N5S. The quantitative estimate of drug-likeness (QED) is 0.617. The summed E-state index contributed by atoms with van der Waals surface area (Å²) in [6.07, 6.45) is 3.59. The number of thiazole rings is 1. The number of hydrogen-bond acceptors (Lipinski definition) is 5. The van der Waals surface area contributed by atoms with Gasteiger partial charge in [0.05, 0.1) is 18.0 Å². The maximum atomic E-state index is 5.71. The van der Waals surface area contributed by atoms with E-state index in [1.165, 1.54) is 0 Å². The third kappa shape index (κ3) is 1.91. The molecule has 21 heavy (non-hydrogen) atoms. The summed E-state index contributed by atoms with van der Waals surface area (Å²) in [5, 5.41) is 0.960. The Labute approximate surface area is 125 Å². The van der Waals surface area contributed by atoms with Gasteiger partial charge < -0.3 is 10.3 Å². The number of benzene rings is 1. The SMILES string of the molecule is Cn1cnc2cnc3sc(-c4cccc(CN)c4)nc3c21. The van der Waals surface area contributed by atoms with E-state index in [4.69, 9.17) is 10.7 Å². The van der Waals surface area contributed by atoms with Gasteiger partial charge in [0.25, 0.3) is 0 Å². The molecule has 0 amide bonds. The van der Waals surface area contributed by atoms with Gasteiger partial charge in [0.15, 0.2) is 0 Å². The molecule has 0 aliphatic rings. The third-order valence-corrected chi connectivity index (χ3v) is 4.53. The first-order valence-electron chi connectivity index (χ1n) is 6.62. The Morgan fingerprint density at radius 1 is 1.29 bits per heavy atom. The predicted molar refractivity (Wildman–Crippen MR) is 85.0 cm³/mol. The molecule has 0 unspecified atom stereocenters. The first-order chi connectivity index (χ1) is 10.3. The molecule has 3 aromatic heterocycles. The van der Waals surface area contributed by atoms with Gasteiger partial charge in [0.1, 0.15) is 20.9 Å². The fourth-order valence-corrected chi connectivity index (χ4v) is 3.37. The molecule has 0 fully saturated rings. The van der Waals surface area contributed by atoms with Crippen molar-refractivity contribution in [3.8, 4) is 10.6 Å². The standard InChI is InChI=1S/C15H13N5S/c1-20-8-18-11-7-17-15-12(13(11)20)19-14(21-15)10-4-2-3-9(5-10)6-16/h2-5,7-8H,6,16H2,1H3. The van der Waals surface area contributed by atoms with E-state index in [0.29, 0.717) is 6.54 Å². The highest BCUT2D eigenvalue weighted by molar-refractivity contribution is 7.21. The number of hydrogen-bond donors (Lipinski definition) is 1.